The van der Waals surface area contributed by atoms with Crippen LogP contribution in [0, 0.1) is 6.92 Å². The maximum Gasteiger partial charge on any atom is 0.168 e. The van der Waals surface area contributed by atoms with Gasteiger partial charge in [-0.1, -0.05) is 0 Å². The smallest absolute Gasteiger partial charge is 0.168 e. The quantitative estimate of drug-likeness (QED) is 0.843. The monoisotopic (exact) mass is 223 g/mol. The summed E-state index contributed by atoms with van der Waals surface area (Å²) in [5.74, 6) is 0.800. The summed E-state index contributed by atoms with van der Waals surface area (Å²) < 4.78 is 6.20. The number of aryl methyl sites for hydroxylation is 1. The zero-order valence-electron chi connectivity index (χ0n) is 8.93. The zero-order valence-corrected chi connectivity index (χ0v) is 9.75. The molecule has 0 aliphatic carbocycles. The molecule has 2 aromatic heterocycles. The van der Waals surface area contributed by atoms with Gasteiger partial charge in [-0.3, -0.25) is 0 Å². The first-order valence-corrected chi connectivity index (χ1v) is 5.50. The molecule has 0 atom stereocenters. The molecule has 2 heterocycles. The zero-order chi connectivity index (χ0) is 11.0. The molecule has 0 amide bonds. The fourth-order valence-electron chi connectivity index (χ4n) is 1.46. The number of rotatable bonds is 2. The van der Waals surface area contributed by atoms with Crippen LogP contribution >= 0.6 is 11.5 Å². The lowest BCUT2D eigenvalue weighted by Gasteiger charge is -2.09. The third-order valence-corrected chi connectivity index (χ3v) is 3.01. The van der Waals surface area contributed by atoms with Crippen LogP contribution in [-0.2, 0) is 0 Å². The number of nitrogen functional groups attached to an aromatic ring is 1. The van der Waals surface area contributed by atoms with Crippen LogP contribution in [0.3, 0.4) is 0 Å². The lowest BCUT2D eigenvalue weighted by Crippen LogP contribution is -2.03. The maximum atomic E-state index is 5.88. The van der Waals surface area contributed by atoms with Crippen molar-refractivity contribution in [3.63, 3.8) is 0 Å². The second-order valence-corrected chi connectivity index (χ2v) is 4.47. The standard InChI is InChI=1S/C9H13N5S/c1-5(2)14-4-11-12-9(14)7-6(3)13-15-8(7)10/h4-5H,10H2,1-3H3. The molecule has 6 heteroatoms. The Morgan fingerprint density at radius 2 is 2.20 bits per heavy atom. The van der Waals surface area contributed by atoms with Gasteiger partial charge in [0.05, 0.1) is 11.3 Å². The summed E-state index contributed by atoms with van der Waals surface area (Å²) in [6.07, 6.45) is 1.72. The Labute approximate surface area is 92.1 Å². The Morgan fingerprint density at radius 3 is 2.73 bits per heavy atom. The Bertz CT molecular complexity index is 451. The number of nitrogens with two attached hydrogens (primary N) is 1. The minimum atomic E-state index is 0.314. The van der Waals surface area contributed by atoms with E-state index >= 15 is 0 Å². The predicted octanol–water partition coefficient (Wildman–Crippen LogP) is 1.87. The molecular weight excluding hydrogens is 210 g/mol. The van der Waals surface area contributed by atoms with Crippen LogP contribution in [0.1, 0.15) is 25.6 Å². The first-order chi connectivity index (χ1) is 7.11. The van der Waals surface area contributed by atoms with E-state index in [1.807, 2.05) is 11.5 Å². The largest absolute Gasteiger partial charge is 0.389 e. The van der Waals surface area contributed by atoms with Gasteiger partial charge in [-0.05, 0) is 32.3 Å². The van der Waals surface area contributed by atoms with Crippen molar-refractivity contribution >= 4 is 16.5 Å². The van der Waals surface area contributed by atoms with Crippen LogP contribution in [0.4, 0.5) is 5.00 Å². The average Bonchev–Trinajstić information content (AvgIpc) is 2.73. The van der Waals surface area contributed by atoms with E-state index in [1.54, 1.807) is 6.33 Å². The molecule has 0 unspecified atom stereocenters. The highest BCUT2D eigenvalue weighted by Gasteiger charge is 2.17. The van der Waals surface area contributed by atoms with E-state index in [4.69, 9.17) is 5.73 Å². The highest BCUT2D eigenvalue weighted by atomic mass is 32.1. The first kappa shape index (κ1) is 10.1. The van der Waals surface area contributed by atoms with Crippen molar-refractivity contribution in [3.8, 4) is 11.4 Å². The molecule has 80 valence electrons. The lowest BCUT2D eigenvalue weighted by atomic mass is 10.2. The third-order valence-electron chi connectivity index (χ3n) is 2.24. The van der Waals surface area contributed by atoms with Gasteiger partial charge in [0.2, 0.25) is 0 Å². The van der Waals surface area contributed by atoms with Crippen LogP contribution in [0.2, 0.25) is 0 Å². The molecule has 0 spiro atoms. The highest BCUT2D eigenvalue weighted by molar-refractivity contribution is 7.10. The minimum absolute atomic E-state index is 0.314. The van der Waals surface area contributed by atoms with Gasteiger partial charge in [0, 0.05) is 6.04 Å². The molecule has 0 aliphatic heterocycles. The van der Waals surface area contributed by atoms with E-state index in [1.165, 1.54) is 11.5 Å². The van der Waals surface area contributed by atoms with Gasteiger partial charge < -0.3 is 10.3 Å². The molecule has 0 aliphatic rings. The van der Waals surface area contributed by atoms with E-state index in [9.17, 15) is 0 Å². The Kier molecular flexibility index (Phi) is 2.44. The molecule has 2 rings (SSSR count). The van der Waals surface area contributed by atoms with Gasteiger partial charge in [0.15, 0.2) is 5.82 Å². The summed E-state index contributed by atoms with van der Waals surface area (Å²) in [6, 6.07) is 0.314. The van der Waals surface area contributed by atoms with Crippen LogP contribution in [0.15, 0.2) is 6.33 Å². The third kappa shape index (κ3) is 1.61. The maximum absolute atomic E-state index is 5.88. The Hall–Kier alpha value is -1.43. The summed E-state index contributed by atoms with van der Waals surface area (Å²) in [5, 5.41) is 8.71. The number of aromatic nitrogens is 4. The molecule has 2 N–H and O–H groups in total. The van der Waals surface area contributed by atoms with E-state index in [0.29, 0.717) is 11.0 Å². The number of hydrogen-bond acceptors (Lipinski definition) is 5. The molecule has 0 aromatic carbocycles. The summed E-state index contributed by atoms with van der Waals surface area (Å²) in [6.45, 7) is 6.10. The Balaban J connectivity index is 2.59. The fourth-order valence-corrected chi connectivity index (χ4v) is 2.12. The molecule has 0 saturated carbocycles. The van der Waals surface area contributed by atoms with E-state index in [0.717, 1.165) is 17.1 Å². The van der Waals surface area contributed by atoms with Crippen molar-refractivity contribution in [1.29, 1.82) is 0 Å². The van der Waals surface area contributed by atoms with Gasteiger partial charge in [-0.2, -0.15) is 4.37 Å². The topological polar surface area (TPSA) is 69.6 Å². The minimum Gasteiger partial charge on any atom is -0.389 e. The molecule has 15 heavy (non-hydrogen) atoms. The lowest BCUT2D eigenvalue weighted by molar-refractivity contribution is 0.604. The van der Waals surface area contributed by atoms with Crippen LogP contribution in [-0.4, -0.2) is 19.1 Å². The molecular formula is C9H13N5S. The van der Waals surface area contributed by atoms with Crippen molar-refractivity contribution in [3.05, 3.63) is 12.0 Å². The molecule has 0 saturated heterocycles. The van der Waals surface area contributed by atoms with Gasteiger partial charge in [0.1, 0.15) is 11.3 Å². The second kappa shape index (κ2) is 3.62. The van der Waals surface area contributed by atoms with Crippen molar-refractivity contribution in [2.24, 2.45) is 0 Å². The first-order valence-electron chi connectivity index (χ1n) is 4.73. The van der Waals surface area contributed by atoms with Crippen molar-refractivity contribution in [2.75, 3.05) is 5.73 Å². The summed E-state index contributed by atoms with van der Waals surface area (Å²) >= 11 is 1.30. The SMILES string of the molecule is Cc1nsc(N)c1-c1nncn1C(C)C. The second-order valence-electron chi connectivity index (χ2n) is 3.66. The summed E-state index contributed by atoms with van der Waals surface area (Å²) in [4.78, 5) is 0. The predicted molar refractivity (Wildman–Crippen MR) is 60.7 cm³/mol. The van der Waals surface area contributed by atoms with E-state index < -0.39 is 0 Å². The fraction of sp³-hybridized carbons (Fsp3) is 0.444. The molecule has 0 bridgehead atoms. The van der Waals surface area contributed by atoms with E-state index in [2.05, 4.69) is 28.4 Å². The summed E-state index contributed by atoms with van der Waals surface area (Å²) in [5.41, 5.74) is 7.69. The molecule has 2 aromatic rings. The van der Waals surface area contributed by atoms with Gasteiger partial charge in [-0.15, -0.1) is 10.2 Å². The normalized spacial score (nSPS) is 11.2. The van der Waals surface area contributed by atoms with Crippen LogP contribution in [0.25, 0.3) is 11.4 Å². The Morgan fingerprint density at radius 1 is 1.47 bits per heavy atom. The van der Waals surface area contributed by atoms with Crippen molar-refractivity contribution in [2.45, 2.75) is 26.8 Å². The molecule has 0 radical (unpaired) electrons. The highest BCUT2D eigenvalue weighted by Crippen LogP contribution is 2.31. The van der Waals surface area contributed by atoms with Crippen LogP contribution in [0.5, 0.6) is 0 Å². The van der Waals surface area contributed by atoms with E-state index in [-0.39, 0.29) is 0 Å². The van der Waals surface area contributed by atoms with Gasteiger partial charge in [-0.25, -0.2) is 0 Å². The van der Waals surface area contributed by atoms with Crippen molar-refractivity contribution in [1.82, 2.24) is 19.1 Å². The number of hydrogen-bond donors (Lipinski definition) is 1. The van der Waals surface area contributed by atoms with Gasteiger partial charge in [0.25, 0.3) is 0 Å². The van der Waals surface area contributed by atoms with Crippen LogP contribution < -0.4 is 5.73 Å². The number of anilines is 1. The van der Waals surface area contributed by atoms with Gasteiger partial charge >= 0.3 is 0 Å². The summed E-state index contributed by atoms with van der Waals surface area (Å²) in [7, 11) is 0. The number of nitrogens with zero attached hydrogens (tertiary/aromatic N) is 4. The van der Waals surface area contributed by atoms with Crippen molar-refractivity contribution < 1.29 is 0 Å². The molecule has 5 nitrogen and oxygen atoms in total. The average molecular weight is 223 g/mol. The molecule has 0 fully saturated rings.